The smallest absolute Gasteiger partial charge is 0.495 e. The summed E-state index contributed by atoms with van der Waals surface area (Å²) < 4.78 is 72.4. The molecule has 1 N–H and O–H groups in total. The Morgan fingerprint density at radius 2 is 1.82 bits per heavy atom. The molecule has 0 radical (unpaired) electrons. The second-order valence-corrected chi connectivity index (χ2v) is 8.42. The maximum Gasteiger partial charge on any atom is 0.573 e. The van der Waals surface area contributed by atoms with Crippen LogP contribution < -0.4 is 14.8 Å². The first kappa shape index (κ1) is 23.8. The van der Waals surface area contributed by atoms with Crippen LogP contribution in [-0.4, -0.2) is 32.8 Å². The van der Waals surface area contributed by atoms with E-state index in [1.807, 2.05) is 0 Å². The number of carbonyl (C=O) groups is 1. The summed E-state index contributed by atoms with van der Waals surface area (Å²) in [6.45, 7) is 0. The summed E-state index contributed by atoms with van der Waals surface area (Å²) in [6, 6.07) is 11.4. The van der Waals surface area contributed by atoms with Crippen LogP contribution in [-0.2, 0) is 14.6 Å². The van der Waals surface area contributed by atoms with Gasteiger partial charge in [-0.1, -0.05) is 6.07 Å². The van der Waals surface area contributed by atoms with Crippen molar-refractivity contribution in [1.82, 2.24) is 4.98 Å². The Balaban J connectivity index is 1.80. The number of benzene rings is 2. The highest BCUT2D eigenvalue weighted by molar-refractivity contribution is 7.91. The molecule has 0 atom stereocenters. The molecular weight excluding hydrogens is 461 g/mol. The molecule has 0 saturated carbocycles. The fourth-order valence-electron chi connectivity index (χ4n) is 2.74. The number of aromatic nitrogens is 1. The Labute approximate surface area is 187 Å². The third-order valence-electron chi connectivity index (χ3n) is 4.20. The summed E-state index contributed by atoms with van der Waals surface area (Å²) in [7, 11) is -3.07. The molecule has 0 saturated heterocycles. The van der Waals surface area contributed by atoms with Gasteiger partial charge < -0.3 is 14.8 Å². The molecule has 0 bridgehead atoms. The molecule has 2 aromatic carbocycles. The molecule has 0 unspecified atom stereocenters. The minimum absolute atomic E-state index is 0.151. The van der Waals surface area contributed by atoms with E-state index in [2.05, 4.69) is 15.0 Å². The SMILES string of the molecule is COc1ccc(OC(F)(F)F)cc1S(=O)(=O)c1ccc(NC(=O)/C=C/c2cccnc2)cc1. The molecule has 0 aliphatic rings. The van der Waals surface area contributed by atoms with Gasteiger partial charge in [0.25, 0.3) is 0 Å². The van der Waals surface area contributed by atoms with Gasteiger partial charge in [-0.15, -0.1) is 13.2 Å². The van der Waals surface area contributed by atoms with Crippen molar-refractivity contribution in [3.63, 3.8) is 0 Å². The molecule has 3 rings (SSSR count). The van der Waals surface area contributed by atoms with Gasteiger partial charge >= 0.3 is 6.36 Å². The number of nitrogens with zero attached hydrogens (tertiary/aromatic N) is 1. The van der Waals surface area contributed by atoms with E-state index in [-0.39, 0.29) is 10.6 Å². The Morgan fingerprint density at radius 3 is 2.42 bits per heavy atom. The fraction of sp³-hybridized carbons (Fsp3) is 0.0909. The molecule has 3 aromatic rings. The number of hydrogen-bond donors (Lipinski definition) is 1. The lowest BCUT2D eigenvalue weighted by Crippen LogP contribution is -2.17. The predicted octanol–water partition coefficient (Wildman–Crippen LogP) is 4.47. The highest BCUT2D eigenvalue weighted by Crippen LogP contribution is 2.34. The standard InChI is InChI=1S/C22H17F3N2O5S/c1-31-19-10-7-17(32-22(23,24)25)13-20(19)33(29,30)18-8-5-16(6-9-18)27-21(28)11-4-15-3-2-12-26-14-15/h2-14H,1H3,(H,27,28)/b11-4+. The molecule has 1 heterocycles. The number of rotatable bonds is 7. The zero-order valence-corrected chi connectivity index (χ0v) is 17.9. The minimum Gasteiger partial charge on any atom is -0.495 e. The van der Waals surface area contributed by atoms with Crippen molar-refractivity contribution in [2.24, 2.45) is 0 Å². The van der Waals surface area contributed by atoms with Crippen molar-refractivity contribution in [3.05, 3.63) is 78.6 Å². The number of sulfone groups is 1. The Hall–Kier alpha value is -3.86. The molecule has 7 nitrogen and oxygen atoms in total. The molecule has 33 heavy (non-hydrogen) atoms. The number of pyridine rings is 1. The summed E-state index contributed by atoms with van der Waals surface area (Å²) in [5.74, 6) is -1.30. The van der Waals surface area contributed by atoms with E-state index in [1.165, 1.54) is 37.5 Å². The van der Waals surface area contributed by atoms with Crippen molar-refractivity contribution in [1.29, 1.82) is 0 Å². The number of amides is 1. The lowest BCUT2D eigenvalue weighted by Gasteiger charge is -2.14. The normalized spacial score (nSPS) is 11.9. The van der Waals surface area contributed by atoms with Crippen molar-refractivity contribution in [3.8, 4) is 11.5 Å². The van der Waals surface area contributed by atoms with Crippen LogP contribution in [0.2, 0.25) is 0 Å². The van der Waals surface area contributed by atoms with Crippen LogP contribution in [0.3, 0.4) is 0 Å². The number of carbonyl (C=O) groups excluding carboxylic acids is 1. The minimum atomic E-state index is -4.99. The van der Waals surface area contributed by atoms with Crippen LogP contribution in [0.1, 0.15) is 5.56 Å². The summed E-state index contributed by atoms with van der Waals surface area (Å²) in [5, 5.41) is 2.58. The highest BCUT2D eigenvalue weighted by atomic mass is 32.2. The number of alkyl halides is 3. The fourth-order valence-corrected chi connectivity index (χ4v) is 4.17. The molecule has 0 aliphatic carbocycles. The first-order chi connectivity index (χ1) is 15.6. The maximum absolute atomic E-state index is 13.0. The van der Waals surface area contributed by atoms with Gasteiger partial charge in [0.05, 0.1) is 12.0 Å². The molecule has 0 spiro atoms. The average molecular weight is 478 g/mol. The zero-order chi connectivity index (χ0) is 24.1. The van der Waals surface area contributed by atoms with Crippen LogP contribution in [0.25, 0.3) is 6.08 Å². The first-order valence-corrected chi connectivity index (χ1v) is 10.7. The van der Waals surface area contributed by atoms with Crippen LogP contribution >= 0.6 is 0 Å². The molecule has 0 aliphatic heterocycles. The van der Waals surface area contributed by atoms with Crippen LogP contribution in [0.4, 0.5) is 18.9 Å². The van der Waals surface area contributed by atoms with E-state index in [4.69, 9.17) is 4.74 Å². The van der Waals surface area contributed by atoms with E-state index >= 15 is 0 Å². The molecule has 1 amide bonds. The summed E-state index contributed by atoms with van der Waals surface area (Å²) in [6.07, 6.45) is 1.04. The quantitative estimate of drug-likeness (QED) is 0.504. The molecule has 172 valence electrons. The van der Waals surface area contributed by atoms with Crippen molar-refractivity contribution in [2.45, 2.75) is 16.2 Å². The Kier molecular flexibility index (Phi) is 7.02. The van der Waals surface area contributed by atoms with Crippen LogP contribution in [0.5, 0.6) is 11.5 Å². The monoisotopic (exact) mass is 478 g/mol. The number of methoxy groups -OCH3 is 1. The van der Waals surface area contributed by atoms with Gasteiger partial charge in [0.15, 0.2) is 0 Å². The number of nitrogens with one attached hydrogen (secondary N) is 1. The van der Waals surface area contributed by atoms with E-state index in [0.29, 0.717) is 5.69 Å². The van der Waals surface area contributed by atoms with Gasteiger partial charge in [0.1, 0.15) is 16.4 Å². The van der Waals surface area contributed by atoms with E-state index in [9.17, 15) is 26.4 Å². The summed E-state index contributed by atoms with van der Waals surface area (Å²) in [5.41, 5.74) is 1.04. The van der Waals surface area contributed by atoms with E-state index in [1.54, 1.807) is 30.6 Å². The topological polar surface area (TPSA) is 94.6 Å². The summed E-state index contributed by atoms with van der Waals surface area (Å²) in [4.78, 5) is 15.3. The number of ether oxygens (including phenoxy) is 2. The van der Waals surface area contributed by atoms with Gasteiger partial charge in [0.2, 0.25) is 15.7 Å². The Morgan fingerprint density at radius 1 is 1.09 bits per heavy atom. The van der Waals surface area contributed by atoms with Crippen molar-refractivity contribution in [2.75, 3.05) is 12.4 Å². The van der Waals surface area contributed by atoms with Crippen LogP contribution in [0, 0.1) is 0 Å². The molecular formula is C22H17F3N2O5S. The van der Waals surface area contributed by atoms with Gasteiger partial charge in [-0.2, -0.15) is 0 Å². The Bertz CT molecular complexity index is 1260. The largest absolute Gasteiger partial charge is 0.573 e. The van der Waals surface area contributed by atoms with Gasteiger partial charge in [0, 0.05) is 30.2 Å². The van der Waals surface area contributed by atoms with E-state index < -0.39 is 32.8 Å². The maximum atomic E-state index is 13.0. The first-order valence-electron chi connectivity index (χ1n) is 9.26. The van der Waals surface area contributed by atoms with Crippen molar-refractivity contribution < 1.29 is 35.9 Å². The number of anilines is 1. The number of halogens is 3. The highest BCUT2D eigenvalue weighted by Gasteiger charge is 2.32. The second-order valence-electron chi connectivity index (χ2n) is 6.50. The number of hydrogen-bond acceptors (Lipinski definition) is 6. The predicted molar refractivity (Wildman–Crippen MR) is 113 cm³/mol. The second kappa shape index (κ2) is 9.74. The summed E-state index contributed by atoms with van der Waals surface area (Å²) >= 11 is 0. The van der Waals surface area contributed by atoms with E-state index in [0.717, 1.165) is 23.8 Å². The molecule has 0 fully saturated rings. The van der Waals surface area contributed by atoms with Gasteiger partial charge in [-0.25, -0.2) is 8.42 Å². The average Bonchev–Trinajstić information content (AvgIpc) is 2.77. The van der Waals surface area contributed by atoms with Crippen LogP contribution in [0.15, 0.2) is 82.9 Å². The zero-order valence-electron chi connectivity index (χ0n) is 17.0. The third-order valence-corrected chi connectivity index (χ3v) is 5.99. The third kappa shape index (κ3) is 6.32. The van der Waals surface area contributed by atoms with Gasteiger partial charge in [-0.05, 0) is 54.1 Å². The van der Waals surface area contributed by atoms with Crippen molar-refractivity contribution >= 4 is 27.5 Å². The molecule has 11 heteroatoms. The lowest BCUT2D eigenvalue weighted by atomic mass is 10.2. The molecule has 1 aromatic heterocycles. The van der Waals surface area contributed by atoms with Gasteiger partial charge in [-0.3, -0.25) is 9.78 Å². The lowest BCUT2D eigenvalue weighted by molar-refractivity contribution is -0.274.